The van der Waals surface area contributed by atoms with E-state index in [1.807, 2.05) is 38.4 Å². The topological polar surface area (TPSA) is 46.5 Å². The van der Waals surface area contributed by atoms with Gasteiger partial charge in [-0.25, -0.2) is 0 Å². The minimum absolute atomic E-state index is 0.0177. The third kappa shape index (κ3) is 5.35. The van der Waals surface area contributed by atoms with Gasteiger partial charge in [0.1, 0.15) is 0 Å². The van der Waals surface area contributed by atoms with Crippen LogP contribution >= 0.6 is 0 Å². The Morgan fingerprint density at radius 3 is 1.54 bits per heavy atom. The molecule has 0 aliphatic rings. The van der Waals surface area contributed by atoms with Crippen molar-refractivity contribution in [1.29, 1.82) is 5.26 Å². The second-order valence-electron chi connectivity index (χ2n) is 14.9. The van der Waals surface area contributed by atoms with Crippen molar-refractivity contribution in [2.45, 2.75) is 66.2 Å². The van der Waals surface area contributed by atoms with Gasteiger partial charge >= 0.3 is 0 Å². The van der Waals surface area contributed by atoms with Gasteiger partial charge in [0.05, 0.1) is 45.1 Å². The molecule has 248 valence electrons. The Hall–Kier alpha value is -5.66. The molecule has 0 saturated heterocycles. The summed E-state index contributed by atoms with van der Waals surface area (Å²) < 4.78 is 4.70. The highest BCUT2D eigenvalue weighted by molar-refractivity contribution is 6.11. The maximum absolute atomic E-state index is 10.1. The first kappa shape index (κ1) is 32.9. The van der Waals surface area contributed by atoms with Gasteiger partial charge in [0.25, 0.3) is 0 Å². The summed E-state index contributed by atoms with van der Waals surface area (Å²) in [6, 6.07) is 41.5. The molecule has 8 rings (SSSR count). The summed E-state index contributed by atoms with van der Waals surface area (Å²) in [4.78, 5) is 4.68. The van der Waals surface area contributed by atoms with Crippen LogP contribution in [0.5, 0.6) is 0 Å². The van der Waals surface area contributed by atoms with E-state index in [2.05, 4.69) is 159 Å². The lowest BCUT2D eigenvalue weighted by molar-refractivity contribution is 0.591. The van der Waals surface area contributed by atoms with E-state index in [9.17, 15) is 5.26 Å². The van der Waals surface area contributed by atoms with Gasteiger partial charge in [-0.2, -0.15) is 5.26 Å². The number of hydrogen-bond acceptors (Lipinski definition) is 2. The number of fused-ring (bicyclic) bond motifs is 6. The van der Waals surface area contributed by atoms with Crippen LogP contribution in [0.15, 0.2) is 122 Å². The molecule has 0 saturated carbocycles. The number of aromatic nitrogens is 3. The van der Waals surface area contributed by atoms with E-state index in [-0.39, 0.29) is 10.8 Å². The second kappa shape index (κ2) is 12.3. The molecule has 4 nitrogen and oxygen atoms in total. The van der Waals surface area contributed by atoms with E-state index < -0.39 is 0 Å². The summed E-state index contributed by atoms with van der Waals surface area (Å²) in [5, 5.41) is 15.0. The summed E-state index contributed by atoms with van der Waals surface area (Å²) >= 11 is 0. The van der Waals surface area contributed by atoms with E-state index in [1.54, 1.807) is 0 Å². The van der Waals surface area contributed by atoms with Gasteiger partial charge in [-0.3, -0.25) is 4.98 Å². The molecule has 0 spiro atoms. The molecule has 0 aliphatic carbocycles. The van der Waals surface area contributed by atoms with Gasteiger partial charge in [-0.05, 0) is 76.6 Å². The van der Waals surface area contributed by atoms with Crippen molar-refractivity contribution in [3.8, 4) is 28.6 Å². The highest BCUT2D eigenvalue weighted by atomic mass is 15.0. The normalized spacial score (nSPS) is 12.0. The number of benzene rings is 5. The molecule has 0 bridgehead atoms. The van der Waals surface area contributed by atoms with Crippen LogP contribution in [0, 0.1) is 11.3 Å². The molecule has 3 heterocycles. The fourth-order valence-corrected chi connectivity index (χ4v) is 7.20. The minimum atomic E-state index is 0.0177. The fraction of sp³-hybridized carbons (Fsp3) is 0.217. The average molecular weight is 653 g/mol. The smallest absolute Gasteiger partial charge is 0.0992 e. The minimum Gasteiger partial charge on any atom is -0.309 e. The van der Waals surface area contributed by atoms with E-state index in [0.717, 1.165) is 44.6 Å². The molecule has 0 aliphatic heterocycles. The number of rotatable bonds is 3. The van der Waals surface area contributed by atoms with Crippen molar-refractivity contribution in [3.05, 3.63) is 138 Å². The lowest BCUT2D eigenvalue weighted by atomic mass is 9.86. The SMILES string of the molecule is CC.CC(C)(C)c1ccc2c(c1)c1ccccc1n2-c1ccncc1-c1ccc(C#N)cc1-n1c2ccccc2c2cc(C(C)(C)C)ccc21. The first-order chi connectivity index (χ1) is 24.0. The zero-order valence-corrected chi connectivity index (χ0v) is 30.3. The second-order valence-corrected chi connectivity index (χ2v) is 14.9. The standard InChI is InChI=1S/C44H38N4.C2H6/c1-43(2,3)29-16-19-39-34(24-29)31-11-7-9-13-37(31)47(39)41-21-22-46-27-36(41)33-18-15-28(26-45)23-42(33)48-38-14-10-8-12-32(38)35-25-30(44(4,5)6)17-20-40(35)48;1-2/h7-25,27H,1-6H3;1-2H3. The van der Waals surface area contributed by atoms with Crippen LogP contribution in [0.3, 0.4) is 0 Å². The monoisotopic (exact) mass is 652 g/mol. The first-order valence-corrected chi connectivity index (χ1v) is 17.6. The molecular weight excluding hydrogens is 609 g/mol. The predicted molar refractivity (Wildman–Crippen MR) is 212 cm³/mol. The Bertz CT molecular complexity index is 2590. The van der Waals surface area contributed by atoms with Crippen LogP contribution in [0.2, 0.25) is 0 Å². The van der Waals surface area contributed by atoms with Gasteiger partial charge in [0.15, 0.2) is 0 Å². The van der Waals surface area contributed by atoms with Gasteiger partial charge in [-0.1, -0.05) is 110 Å². The van der Waals surface area contributed by atoms with Gasteiger partial charge in [-0.15, -0.1) is 0 Å². The Balaban J connectivity index is 0.00000193. The summed E-state index contributed by atoms with van der Waals surface area (Å²) in [5.41, 5.74) is 11.8. The molecule has 3 aromatic heterocycles. The summed E-state index contributed by atoms with van der Waals surface area (Å²) in [6.45, 7) is 17.6. The molecule has 0 radical (unpaired) electrons. The van der Waals surface area contributed by atoms with Crippen LogP contribution in [0.25, 0.3) is 66.1 Å². The lowest BCUT2D eigenvalue weighted by Crippen LogP contribution is -2.10. The highest BCUT2D eigenvalue weighted by Crippen LogP contribution is 2.42. The third-order valence-electron chi connectivity index (χ3n) is 9.77. The Morgan fingerprint density at radius 2 is 1.02 bits per heavy atom. The molecule has 8 aromatic rings. The van der Waals surface area contributed by atoms with Crippen LogP contribution < -0.4 is 0 Å². The van der Waals surface area contributed by atoms with Crippen LogP contribution in [-0.2, 0) is 10.8 Å². The van der Waals surface area contributed by atoms with E-state index >= 15 is 0 Å². The lowest BCUT2D eigenvalue weighted by Gasteiger charge is -2.20. The third-order valence-corrected chi connectivity index (χ3v) is 9.77. The molecule has 0 atom stereocenters. The van der Waals surface area contributed by atoms with E-state index in [0.29, 0.717) is 5.56 Å². The highest BCUT2D eigenvalue weighted by Gasteiger charge is 2.23. The van der Waals surface area contributed by atoms with Crippen molar-refractivity contribution in [2.75, 3.05) is 0 Å². The van der Waals surface area contributed by atoms with Crippen molar-refractivity contribution in [2.24, 2.45) is 0 Å². The van der Waals surface area contributed by atoms with Crippen molar-refractivity contribution < 1.29 is 0 Å². The molecule has 0 amide bonds. The zero-order valence-electron chi connectivity index (χ0n) is 30.3. The Morgan fingerprint density at radius 1 is 0.520 bits per heavy atom. The number of pyridine rings is 1. The largest absolute Gasteiger partial charge is 0.309 e. The first-order valence-electron chi connectivity index (χ1n) is 17.6. The number of hydrogen-bond donors (Lipinski definition) is 0. The maximum Gasteiger partial charge on any atom is 0.0992 e. The molecule has 0 fully saturated rings. The van der Waals surface area contributed by atoms with Crippen LogP contribution in [0.4, 0.5) is 0 Å². The number of nitrogens with zero attached hydrogens (tertiary/aromatic N) is 4. The van der Waals surface area contributed by atoms with Crippen molar-refractivity contribution in [3.63, 3.8) is 0 Å². The van der Waals surface area contributed by atoms with E-state index in [4.69, 9.17) is 0 Å². The van der Waals surface area contributed by atoms with Crippen molar-refractivity contribution in [1.82, 2.24) is 14.1 Å². The fourth-order valence-electron chi connectivity index (χ4n) is 7.20. The number of para-hydroxylation sites is 2. The van der Waals surface area contributed by atoms with Crippen LogP contribution in [-0.4, -0.2) is 14.1 Å². The molecule has 50 heavy (non-hydrogen) atoms. The van der Waals surface area contributed by atoms with E-state index in [1.165, 1.54) is 32.7 Å². The van der Waals surface area contributed by atoms with Gasteiger partial charge in [0.2, 0.25) is 0 Å². The molecular formula is C46H44N4. The Labute approximate surface area is 295 Å². The summed E-state index contributed by atoms with van der Waals surface area (Å²) in [6.07, 6.45) is 3.84. The average Bonchev–Trinajstić information content (AvgIpc) is 3.63. The predicted octanol–water partition coefficient (Wildman–Crippen LogP) is 12.4. The van der Waals surface area contributed by atoms with Gasteiger partial charge < -0.3 is 9.13 Å². The molecule has 0 unspecified atom stereocenters. The molecule has 5 aromatic carbocycles. The maximum atomic E-state index is 10.1. The summed E-state index contributed by atoms with van der Waals surface area (Å²) in [5.74, 6) is 0. The molecule has 0 N–H and O–H groups in total. The van der Waals surface area contributed by atoms with Crippen molar-refractivity contribution >= 4 is 43.6 Å². The Kier molecular flexibility index (Phi) is 8.11. The van der Waals surface area contributed by atoms with Gasteiger partial charge in [0, 0.05) is 45.1 Å². The van der Waals surface area contributed by atoms with Crippen LogP contribution in [0.1, 0.15) is 72.1 Å². The zero-order chi connectivity index (χ0) is 35.4. The molecule has 4 heteroatoms. The quantitative estimate of drug-likeness (QED) is 0.191. The number of nitriles is 1. The summed E-state index contributed by atoms with van der Waals surface area (Å²) in [7, 11) is 0.